The van der Waals surface area contributed by atoms with Gasteiger partial charge in [0.05, 0.1) is 6.04 Å². The van der Waals surface area contributed by atoms with Gasteiger partial charge in [-0.1, -0.05) is 6.07 Å². The lowest BCUT2D eigenvalue weighted by Crippen LogP contribution is -2.41. The van der Waals surface area contributed by atoms with Gasteiger partial charge in [-0.2, -0.15) is 11.8 Å². The summed E-state index contributed by atoms with van der Waals surface area (Å²) in [6, 6.07) is 5.33. The van der Waals surface area contributed by atoms with Crippen LogP contribution in [0.2, 0.25) is 0 Å². The molecule has 0 aliphatic carbocycles. The first-order valence-corrected chi connectivity index (χ1v) is 8.39. The minimum absolute atomic E-state index is 0.0288. The average Bonchev–Trinajstić information content (AvgIpc) is 2.51. The fraction of sp³-hybridized carbons (Fsp3) is 0.533. The number of nitrogens with zero attached hydrogens (tertiary/aromatic N) is 1. The number of hydrogen-bond donors (Lipinski definition) is 1. The maximum absolute atomic E-state index is 12.2. The molecule has 1 aliphatic heterocycles. The maximum atomic E-state index is 12.2. The minimum atomic E-state index is -0.431. The van der Waals surface area contributed by atoms with Crippen LogP contribution in [0.1, 0.15) is 12.0 Å². The Labute approximate surface area is 129 Å². The third-order valence-electron chi connectivity index (χ3n) is 3.35. The quantitative estimate of drug-likeness (QED) is 0.862. The highest BCUT2D eigenvalue weighted by atomic mass is 32.2. The molecule has 0 fully saturated rings. The van der Waals surface area contributed by atoms with Crippen LogP contribution in [-0.4, -0.2) is 49.1 Å². The Bertz CT molecular complexity index is 496. The van der Waals surface area contributed by atoms with Crippen molar-refractivity contribution >= 4 is 17.7 Å². The summed E-state index contributed by atoms with van der Waals surface area (Å²) in [6.07, 6.45) is 2.71. The highest BCUT2D eigenvalue weighted by Crippen LogP contribution is 2.31. The third-order valence-corrected chi connectivity index (χ3v) is 4.00. The van der Waals surface area contributed by atoms with E-state index in [4.69, 9.17) is 15.2 Å². The van der Waals surface area contributed by atoms with Gasteiger partial charge in [-0.3, -0.25) is 4.79 Å². The summed E-state index contributed by atoms with van der Waals surface area (Å²) in [7, 11) is 1.78. The summed E-state index contributed by atoms with van der Waals surface area (Å²) in [5.74, 6) is 2.37. The smallest absolute Gasteiger partial charge is 0.239 e. The van der Waals surface area contributed by atoms with Crippen molar-refractivity contribution in [2.45, 2.75) is 19.0 Å². The Morgan fingerprint density at radius 1 is 1.38 bits per heavy atom. The van der Waals surface area contributed by atoms with E-state index in [1.54, 1.807) is 23.7 Å². The van der Waals surface area contributed by atoms with Crippen molar-refractivity contribution in [1.29, 1.82) is 0 Å². The molecule has 6 heteroatoms. The van der Waals surface area contributed by atoms with Crippen LogP contribution in [0.15, 0.2) is 18.2 Å². The molecule has 0 unspecified atom stereocenters. The molecule has 1 aromatic carbocycles. The van der Waals surface area contributed by atoms with E-state index in [9.17, 15) is 4.79 Å². The van der Waals surface area contributed by atoms with Crippen LogP contribution in [0.3, 0.4) is 0 Å². The van der Waals surface area contributed by atoms with E-state index in [2.05, 4.69) is 0 Å². The van der Waals surface area contributed by atoms with E-state index in [0.717, 1.165) is 22.8 Å². The molecule has 2 N–H and O–H groups in total. The Morgan fingerprint density at radius 2 is 2.10 bits per heavy atom. The predicted octanol–water partition coefficient (Wildman–Crippen LogP) is 1.50. The largest absolute Gasteiger partial charge is 0.486 e. The lowest BCUT2D eigenvalue weighted by Gasteiger charge is -2.23. The normalized spacial score (nSPS) is 14.6. The zero-order chi connectivity index (χ0) is 15.2. The Balaban J connectivity index is 1.95. The van der Waals surface area contributed by atoms with Gasteiger partial charge < -0.3 is 20.1 Å². The third kappa shape index (κ3) is 4.28. The second-order valence-corrected chi connectivity index (χ2v) is 6.05. The van der Waals surface area contributed by atoms with Crippen molar-refractivity contribution < 1.29 is 14.3 Å². The van der Waals surface area contributed by atoms with E-state index >= 15 is 0 Å². The molecular formula is C15H22N2O3S. The van der Waals surface area contributed by atoms with Crippen molar-refractivity contribution in [2.75, 3.05) is 32.3 Å². The number of thioether (sulfide) groups is 1. The standard InChI is InChI=1S/C15H22N2O3S/c1-17(15(18)12(16)5-8-21-2)10-11-3-4-13-14(9-11)20-7-6-19-13/h3-4,9,12H,5-8,10,16H2,1-2H3/t12-/m0/s1. The van der Waals surface area contributed by atoms with Crippen LogP contribution in [0.25, 0.3) is 0 Å². The fourth-order valence-electron chi connectivity index (χ4n) is 2.19. The number of nitrogens with two attached hydrogens (primary N) is 1. The monoisotopic (exact) mass is 310 g/mol. The van der Waals surface area contributed by atoms with Crippen LogP contribution >= 0.6 is 11.8 Å². The Morgan fingerprint density at radius 3 is 2.81 bits per heavy atom. The molecule has 116 valence electrons. The number of ether oxygens (including phenoxy) is 2. The summed E-state index contributed by atoms with van der Waals surface area (Å²) >= 11 is 1.70. The zero-order valence-electron chi connectivity index (χ0n) is 12.5. The molecule has 0 radical (unpaired) electrons. The molecule has 0 saturated heterocycles. The number of likely N-dealkylation sites (N-methyl/N-ethyl adjacent to an activating group) is 1. The molecule has 0 saturated carbocycles. The van der Waals surface area contributed by atoms with Gasteiger partial charge in [-0.25, -0.2) is 0 Å². The van der Waals surface area contributed by atoms with Crippen molar-refractivity contribution in [3.8, 4) is 11.5 Å². The first kappa shape index (κ1) is 16.0. The summed E-state index contributed by atoms with van der Waals surface area (Å²) < 4.78 is 11.0. The summed E-state index contributed by atoms with van der Waals surface area (Å²) in [5.41, 5.74) is 6.93. The van der Waals surface area contributed by atoms with Gasteiger partial charge >= 0.3 is 0 Å². The summed E-state index contributed by atoms with van der Waals surface area (Å²) in [5, 5.41) is 0. The predicted molar refractivity (Wildman–Crippen MR) is 84.9 cm³/mol. The fourth-order valence-corrected chi connectivity index (χ4v) is 2.68. The number of carbonyl (C=O) groups is 1. The average molecular weight is 310 g/mol. The van der Waals surface area contributed by atoms with Crippen molar-refractivity contribution in [1.82, 2.24) is 4.90 Å². The number of benzene rings is 1. The van der Waals surface area contributed by atoms with Gasteiger partial charge in [0.2, 0.25) is 5.91 Å². The molecule has 1 heterocycles. The number of rotatable bonds is 6. The molecule has 1 aliphatic rings. The molecule has 0 aromatic heterocycles. The SMILES string of the molecule is CSCC[C@H](N)C(=O)N(C)Cc1ccc2c(c1)OCCO2. The topological polar surface area (TPSA) is 64.8 Å². The lowest BCUT2D eigenvalue weighted by atomic mass is 10.1. The van der Waals surface area contributed by atoms with Crippen LogP contribution in [-0.2, 0) is 11.3 Å². The van der Waals surface area contributed by atoms with Crippen LogP contribution in [0.5, 0.6) is 11.5 Å². The lowest BCUT2D eigenvalue weighted by molar-refractivity contribution is -0.131. The van der Waals surface area contributed by atoms with E-state index in [0.29, 0.717) is 26.2 Å². The molecule has 5 nitrogen and oxygen atoms in total. The van der Waals surface area contributed by atoms with E-state index in [1.807, 2.05) is 24.5 Å². The Kier molecular flexibility index (Phi) is 5.76. The zero-order valence-corrected chi connectivity index (χ0v) is 13.3. The van der Waals surface area contributed by atoms with Crippen molar-refractivity contribution in [2.24, 2.45) is 5.73 Å². The second-order valence-electron chi connectivity index (χ2n) is 5.06. The van der Waals surface area contributed by atoms with E-state index < -0.39 is 6.04 Å². The highest BCUT2D eigenvalue weighted by Gasteiger charge is 2.19. The van der Waals surface area contributed by atoms with Gasteiger partial charge in [0.25, 0.3) is 0 Å². The number of hydrogen-bond acceptors (Lipinski definition) is 5. The number of fused-ring (bicyclic) bond motifs is 1. The van der Waals surface area contributed by atoms with E-state index in [-0.39, 0.29) is 5.91 Å². The van der Waals surface area contributed by atoms with Crippen molar-refractivity contribution in [3.05, 3.63) is 23.8 Å². The highest BCUT2D eigenvalue weighted by molar-refractivity contribution is 7.98. The van der Waals surface area contributed by atoms with Gasteiger partial charge in [0, 0.05) is 13.6 Å². The molecular weight excluding hydrogens is 288 g/mol. The van der Waals surface area contributed by atoms with E-state index in [1.165, 1.54) is 0 Å². The molecule has 21 heavy (non-hydrogen) atoms. The van der Waals surface area contributed by atoms with Gasteiger partial charge in [0.15, 0.2) is 11.5 Å². The van der Waals surface area contributed by atoms with Crippen molar-refractivity contribution in [3.63, 3.8) is 0 Å². The first-order valence-electron chi connectivity index (χ1n) is 7.00. The van der Waals surface area contributed by atoms with Gasteiger partial charge in [-0.15, -0.1) is 0 Å². The molecule has 0 bridgehead atoms. The number of carbonyl (C=O) groups excluding carboxylic acids is 1. The maximum Gasteiger partial charge on any atom is 0.239 e. The molecule has 0 spiro atoms. The second kappa shape index (κ2) is 7.56. The van der Waals surface area contributed by atoms with Crippen LogP contribution < -0.4 is 15.2 Å². The molecule has 1 aromatic rings. The molecule has 1 atom stereocenters. The van der Waals surface area contributed by atoms with Gasteiger partial charge in [-0.05, 0) is 36.1 Å². The van der Waals surface area contributed by atoms with Gasteiger partial charge in [0.1, 0.15) is 13.2 Å². The first-order chi connectivity index (χ1) is 10.1. The van der Waals surface area contributed by atoms with Crippen LogP contribution in [0.4, 0.5) is 0 Å². The Hall–Kier alpha value is -1.40. The number of amides is 1. The minimum Gasteiger partial charge on any atom is -0.486 e. The van der Waals surface area contributed by atoms with Crippen LogP contribution in [0, 0.1) is 0 Å². The molecule has 2 rings (SSSR count). The molecule has 1 amide bonds. The summed E-state index contributed by atoms with van der Waals surface area (Å²) in [4.78, 5) is 13.8. The summed E-state index contributed by atoms with van der Waals surface area (Å²) in [6.45, 7) is 1.66.